The van der Waals surface area contributed by atoms with E-state index in [2.05, 4.69) is 17.6 Å². The maximum absolute atomic E-state index is 13.3. The van der Waals surface area contributed by atoms with Crippen molar-refractivity contribution in [2.24, 2.45) is 5.92 Å². The molecule has 0 saturated carbocycles. The highest BCUT2D eigenvalue weighted by Gasteiger charge is 2.30. The SMILES string of the molecule is CCC(Sc1cccc(NC(=O)c2ccccc2C)c1)C(=O)Nc1sc2c(c1C(=O)OC)CCC(C)C2. The summed E-state index contributed by atoms with van der Waals surface area (Å²) in [5.74, 6) is -0.173. The van der Waals surface area contributed by atoms with E-state index in [1.54, 1.807) is 6.07 Å². The Hall–Kier alpha value is -3.10. The molecule has 2 amide bonds. The van der Waals surface area contributed by atoms with Crippen LogP contribution in [-0.4, -0.2) is 30.1 Å². The van der Waals surface area contributed by atoms with Crippen LogP contribution in [0.4, 0.5) is 10.7 Å². The van der Waals surface area contributed by atoms with Gasteiger partial charge in [0.2, 0.25) is 5.91 Å². The van der Waals surface area contributed by atoms with Crippen LogP contribution in [-0.2, 0) is 22.4 Å². The molecule has 0 fully saturated rings. The monoisotopic (exact) mass is 536 g/mol. The lowest BCUT2D eigenvalue weighted by atomic mass is 9.88. The summed E-state index contributed by atoms with van der Waals surface area (Å²) in [4.78, 5) is 40.7. The van der Waals surface area contributed by atoms with Crippen LogP contribution < -0.4 is 10.6 Å². The van der Waals surface area contributed by atoms with Crippen molar-refractivity contribution in [1.82, 2.24) is 0 Å². The topological polar surface area (TPSA) is 84.5 Å². The van der Waals surface area contributed by atoms with Gasteiger partial charge in [0.25, 0.3) is 5.91 Å². The molecular weight excluding hydrogens is 504 g/mol. The van der Waals surface area contributed by atoms with E-state index in [-0.39, 0.29) is 17.1 Å². The van der Waals surface area contributed by atoms with E-state index < -0.39 is 5.97 Å². The maximum atomic E-state index is 13.3. The number of carbonyl (C=O) groups excluding carboxylic acids is 3. The van der Waals surface area contributed by atoms with Gasteiger partial charge < -0.3 is 15.4 Å². The summed E-state index contributed by atoms with van der Waals surface area (Å²) in [7, 11) is 1.37. The average molecular weight is 537 g/mol. The van der Waals surface area contributed by atoms with Crippen LogP contribution in [0.15, 0.2) is 53.4 Å². The minimum absolute atomic E-state index is 0.154. The molecule has 6 nitrogen and oxygen atoms in total. The third-order valence-electron chi connectivity index (χ3n) is 6.56. The average Bonchev–Trinajstić information content (AvgIpc) is 3.23. The molecule has 0 radical (unpaired) electrons. The first-order chi connectivity index (χ1) is 17.8. The lowest BCUT2D eigenvalue weighted by Gasteiger charge is -2.18. The number of rotatable bonds is 8. The van der Waals surface area contributed by atoms with Crippen molar-refractivity contribution in [3.63, 3.8) is 0 Å². The predicted octanol–water partition coefficient (Wildman–Crippen LogP) is 6.73. The lowest BCUT2D eigenvalue weighted by molar-refractivity contribution is -0.115. The molecule has 1 aromatic heterocycles. The number of ether oxygens (including phenoxy) is 1. The molecule has 194 valence electrons. The number of carbonyl (C=O) groups is 3. The summed E-state index contributed by atoms with van der Waals surface area (Å²) in [5.41, 5.74) is 3.72. The van der Waals surface area contributed by atoms with Crippen molar-refractivity contribution in [3.8, 4) is 0 Å². The van der Waals surface area contributed by atoms with Gasteiger partial charge in [-0.1, -0.05) is 38.1 Å². The minimum atomic E-state index is -0.403. The molecule has 2 aromatic carbocycles. The number of nitrogens with one attached hydrogen (secondary N) is 2. The van der Waals surface area contributed by atoms with Gasteiger partial charge in [0, 0.05) is 21.0 Å². The van der Waals surface area contributed by atoms with Crippen LogP contribution in [0.2, 0.25) is 0 Å². The number of anilines is 2. The molecule has 3 aromatic rings. The van der Waals surface area contributed by atoms with Gasteiger partial charge in [-0.2, -0.15) is 0 Å². The summed E-state index contributed by atoms with van der Waals surface area (Å²) in [6.07, 6.45) is 3.35. The number of thiophene rings is 1. The number of aryl methyl sites for hydroxylation is 1. The number of fused-ring (bicyclic) bond motifs is 1. The van der Waals surface area contributed by atoms with Gasteiger partial charge in [-0.15, -0.1) is 23.1 Å². The van der Waals surface area contributed by atoms with E-state index in [1.807, 2.05) is 56.3 Å². The fourth-order valence-corrected chi connectivity index (χ4v) is 6.92. The molecule has 0 saturated heterocycles. The second kappa shape index (κ2) is 12.0. The van der Waals surface area contributed by atoms with Gasteiger partial charge in [0.1, 0.15) is 5.00 Å². The Morgan fingerprint density at radius 1 is 1.14 bits per heavy atom. The summed E-state index contributed by atoms with van der Waals surface area (Å²) in [6.45, 7) is 6.07. The quantitative estimate of drug-likeness (QED) is 0.246. The van der Waals surface area contributed by atoms with Crippen LogP contribution in [0.3, 0.4) is 0 Å². The van der Waals surface area contributed by atoms with Gasteiger partial charge >= 0.3 is 5.97 Å². The Morgan fingerprint density at radius 2 is 1.92 bits per heavy atom. The molecule has 1 aliphatic carbocycles. The van der Waals surface area contributed by atoms with Crippen LogP contribution in [0.5, 0.6) is 0 Å². The van der Waals surface area contributed by atoms with E-state index in [0.29, 0.717) is 34.2 Å². The highest BCUT2D eigenvalue weighted by atomic mass is 32.2. The first-order valence-electron chi connectivity index (χ1n) is 12.5. The van der Waals surface area contributed by atoms with Crippen molar-refractivity contribution in [3.05, 3.63) is 75.7 Å². The summed E-state index contributed by atoms with van der Waals surface area (Å²) in [6, 6.07) is 14.9. The zero-order valence-corrected chi connectivity index (χ0v) is 23.2. The first-order valence-corrected chi connectivity index (χ1v) is 14.2. The highest BCUT2D eigenvalue weighted by Crippen LogP contribution is 2.40. The molecule has 37 heavy (non-hydrogen) atoms. The molecule has 1 aliphatic rings. The zero-order chi connectivity index (χ0) is 26.5. The Bertz CT molecular complexity index is 1320. The normalized spacial score (nSPS) is 15.4. The summed E-state index contributed by atoms with van der Waals surface area (Å²) >= 11 is 2.93. The lowest BCUT2D eigenvalue weighted by Crippen LogP contribution is -2.25. The molecule has 4 rings (SSSR count). The number of amides is 2. The van der Waals surface area contributed by atoms with Crippen LogP contribution >= 0.6 is 23.1 Å². The van der Waals surface area contributed by atoms with E-state index in [0.717, 1.165) is 40.2 Å². The third-order valence-corrected chi connectivity index (χ3v) is 9.09. The second-order valence-corrected chi connectivity index (χ2v) is 11.7. The number of thioether (sulfide) groups is 1. The number of esters is 1. The molecule has 2 unspecified atom stereocenters. The summed E-state index contributed by atoms with van der Waals surface area (Å²) in [5, 5.41) is 6.20. The molecule has 2 N–H and O–H groups in total. The van der Waals surface area contributed by atoms with Crippen molar-refractivity contribution >= 4 is 51.6 Å². The van der Waals surface area contributed by atoms with Gasteiger partial charge in [0.05, 0.1) is 17.9 Å². The minimum Gasteiger partial charge on any atom is -0.465 e. The second-order valence-electron chi connectivity index (χ2n) is 9.35. The summed E-state index contributed by atoms with van der Waals surface area (Å²) < 4.78 is 5.05. The predicted molar refractivity (Wildman–Crippen MR) is 151 cm³/mol. The van der Waals surface area contributed by atoms with Crippen LogP contribution in [0.1, 0.15) is 63.4 Å². The standard InChI is InChI=1S/C29H32N2O4S2/c1-5-23(27(33)31-28-25(29(34)35-4)22-14-13-17(2)15-24(22)37-28)36-20-11-8-10-19(16-20)30-26(32)21-12-7-6-9-18(21)3/h6-12,16-17,23H,5,13-15H2,1-4H3,(H,30,32)(H,31,33). The van der Waals surface area contributed by atoms with Crippen molar-refractivity contribution < 1.29 is 19.1 Å². The van der Waals surface area contributed by atoms with E-state index >= 15 is 0 Å². The Balaban J connectivity index is 1.48. The highest BCUT2D eigenvalue weighted by molar-refractivity contribution is 8.00. The molecule has 0 aliphatic heterocycles. The molecule has 0 spiro atoms. The van der Waals surface area contributed by atoms with E-state index in [4.69, 9.17) is 4.74 Å². The van der Waals surface area contributed by atoms with Crippen molar-refractivity contribution in [2.75, 3.05) is 17.7 Å². The number of hydrogen-bond acceptors (Lipinski definition) is 6. The Morgan fingerprint density at radius 3 is 2.65 bits per heavy atom. The number of benzene rings is 2. The number of hydrogen-bond donors (Lipinski definition) is 2. The largest absolute Gasteiger partial charge is 0.465 e. The molecule has 8 heteroatoms. The molecule has 1 heterocycles. The first kappa shape index (κ1) is 26.9. The van der Waals surface area contributed by atoms with Gasteiger partial charge in [-0.3, -0.25) is 9.59 Å². The molecule has 0 bridgehead atoms. The van der Waals surface area contributed by atoms with E-state index in [9.17, 15) is 14.4 Å². The van der Waals surface area contributed by atoms with Gasteiger partial charge in [0.15, 0.2) is 0 Å². The maximum Gasteiger partial charge on any atom is 0.341 e. The van der Waals surface area contributed by atoms with Gasteiger partial charge in [-0.25, -0.2) is 4.79 Å². The fourth-order valence-electron chi connectivity index (χ4n) is 4.51. The molecule has 2 atom stereocenters. The van der Waals surface area contributed by atoms with Crippen molar-refractivity contribution in [1.29, 1.82) is 0 Å². The zero-order valence-electron chi connectivity index (χ0n) is 21.6. The van der Waals surface area contributed by atoms with Crippen molar-refractivity contribution in [2.45, 2.75) is 56.6 Å². The van der Waals surface area contributed by atoms with Crippen LogP contribution in [0.25, 0.3) is 0 Å². The Labute approximate surface area is 226 Å². The van der Waals surface area contributed by atoms with Crippen LogP contribution in [0, 0.1) is 12.8 Å². The fraction of sp³-hybridized carbons (Fsp3) is 0.345. The molecular formula is C29H32N2O4S2. The van der Waals surface area contributed by atoms with E-state index in [1.165, 1.54) is 30.2 Å². The smallest absolute Gasteiger partial charge is 0.341 e. The van der Waals surface area contributed by atoms with Gasteiger partial charge in [-0.05, 0) is 73.9 Å². The Kier molecular flexibility index (Phi) is 8.71. The third kappa shape index (κ3) is 6.25. The number of methoxy groups -OCH3 is 1.